The van der Waals surface area contributed by atoms with Crippen molar-refractivity contribution in [3.63, 3.8) is 0 Å². The number of nitrogens with one attached hydrogen (secondary N) is 8. The summed E-state index contributed by atoms with van der Waals surface area (Å²) in [5.74, 6) is -6.92. The molecule has 0 bridgehead atoms. The average Bonchev–Trinajstić information content (AvgIpc) is 3.25. The Morgan fingerprint density at radius 1 is 0.731 bits per heavy atom. The molecule has 0 fully saturated rings. The SMILES string of the molecule is CSCC[C@@H]1NC(=O)[C@H](NC(C)=O)CSSC[C@@H](C(N)=O)NC(=O)CNC(=O)[C@H](CCCN=C(N)N)NC(=O)[C@H](CC(C)C)NC(=O)[C@H](CCCN=C(N)N)NC(=O)c2ccccc2NC1=O. The van der Waals surface area contributed by atoms with Crippen molar-refractivity contribution >= 4 is 104 Å². The number of hydrogen-bond donors (Lipinski definition) is 13. The number of para-hydroxylation sites is 1. The molecule has 0 unspecified atom stereocenters. The summed E-state index contributed by atoms with van der Waals surface area (Å²) in [6.07, 6.45) is 2.45. The highest BCUT2D eigenvalue weighted by Crippen LogP contribution is 2.24. The maximum Gasteiger partial charge on any atom is 0.254 e. The van der Waals surface area contributed by atoms with Crippen LogP contribution in [-0.4, -0.2) is 144 Å². The first kappa shape index (κ1) is 57.2. The van der Waals surface area contributed by atoms with Crippen LogP contribution in [0.15, 0.2) is 34.3 Å². The van der Waals surface area contributed by atoms with Crippen molar-refractivity contribution in [3.8, 4) is 0 Å². The fraction of sp³-hybridized carbons (Fsp3) is 0.575. The van der Waals surface area contributed by atoms with Gasteiger partial charge in [-0.15, -0.1) is 0 Å². The van der Waals surface area contributed by atoms with Gasteiger partial charge in [-0.3, -0.25) is 53.1 Å². The zero-order chi connectivity index (χ0) is 50.1. The predicted molar refractivity (Wildman–Crippen MR) is 261 cm³/mol. The van der Waals surface area contributed by atoms with Crippen LogP contribution in [-0.2, 0) is 38.4 Å². The molecule has 9 amide bonds. The molecule has 2 rings (SSSR count). The molecule has 1 aromatic carbocycles. The number of guanidine groups is 2. The van der Waals surface area contributed by atoms with E-state index in [0.717, 1.165) is 21.6 Å². The van der Waals surface area contributed by atoms with Crippen LogP contribution in [0.1, 0.15) is 69.7 Å². The summed E-state index contributed by atoms with van der Waals surface area (Å²) in [6, 6.07) is -1.30. The number of nitrogens with zero attached hydrogens (tertiary/aromatic N) is 2. The number of anilines is 1. The molecule has 1 aliphatic heterocycles. The monoisotopic (exact) mass is 995 g/mol. The highest BCUT2D eigenvalue weighted by molar-refractivity contribution is 8.76. The normalized spacial score (nSPS) is 22.1. The molecule has 0 radical (unpaired) electrons. The molecule has 1 aliphatic rings. The van der Waals surface area contributed by atoms with Crippen molar-refractivity contribution in [2.24, 2.45) is 44.6 Å². The first-order valence-electron chi connectivity index (χ1n) is 21.3. The fourth-order valence-electron chi connectivity index (χ4n) is 6.21. The third-order valence-electron chi connectivity index (χ3n) is 9.51. The number of benzene rings is 1. The molecular formula is C40H65N15O9S3. The molecule has 0 saturated heterocycles. The summed E-state index contributed by atoms with van der Waals surface area (Å²) in [5, 5.41) is 21.0. The van der Waals surface area contributed by atoms with E-state index in [2.05, 4.69) is 52.5 Å². The standard InChI is InChI=1S/C40H65N15O9S3/c1-21(2)17-28-37(63)53-25(11-7-14-46-39(42)43)34(60)48-18-31(57)50-29(32(41)58)19-66-67-20-30(49-22(3)56)38(64)54-27(13-16-65-4)36(62)51-24-10-6-5-9-23(24)33(59)52-26(35(61)55-28)12-8-15-47-40(44)45/h5-6,9-10,21,25-30H,7-8,11-20H2,1-4H3,(H2,41,58)(H,48,60)(H,49,56)(H,50,57)(H,51,62)(H,52,59)(H,53,63)(H,54,64)(H,55,61)(H4,42,43,46)(H4,44,45,47)/t25-,26-,27-,28-,29-,30+/m0/s1. The van der Waals surface area contributed by atoms with E-state index in [1.54, 1.807) is 12.1 Å². The number of hydrogen-bond acceptors (Lipinski definition) is 14. The highest BCUT2D eigenvalue weighted by atomic mass is 33.1. The number of thioether (sulfide) groups is 1. The van der Waals surface area contributed by atoms with Gasteiger partial charge in [-0.25, -0.2) is 0 Å². The minimum Gasteiger partial charge on any atom is -0.370 e. The number of carbonyl (C=O) groups excluding carboxylic acids is 9. The topological polar surface area (TPSA) is 405 Å². The van der Waals surface area contributed by atoms with E-state index >= 15 is 0 Å². The lowest BCUT2D eigenvalue weighted by atomic mass is 10.0. The maximum atomic E-state index is 14.1. The highest BCUT2D eigenvalue weighted by Gasteiger charge is 2.32. The van der Waals surface area contributed by atoms with Gasteiger partial charge in [0.1, 0.15) is 36.3 Å². The van der Waals surface area contributed by atoms with Crippen molar-refractivity contribution in [1.29, 1.82) is 0 Å². The molecule has 1 aromatic rings. The van der Waals surface area contributed by atoms with Crippen LogP contribution in [0, 0.1) is 5.92 Å². The smallest absolute Gasteiger partial charge is 0.254 e. The molecule has 67 heavy (non-hydrogen) atoms. The zero-order valence-electron chi connectivity index (χ0n) is 38.0. The Balaban J connectivity index is 2.66. The van der Waals surface area contributed by atoms with Crippen LogP contribution in [0.4, 0.5) is 5.69 Å². The number of fused-ring (bicyclic) bond motifs is 1. The molecule has 1 heterocycles. The lowest BCUT2D eigenvalue weighted by molar-refractivity contribution is -0.133. The lowest BCUT2D eigenvalue weighted by Crippen LogP contribution is -2.57. The first-order chi connectivity index (χ1) is 31.7. The molecule has 18 N–H and O–H groups in total. The van der Waals surface area contributed by atoms with Gasteiger partial charge in [-0.1, -0.05) is 47.6 Å². The Kier molecular flexibility index (Phi) is 25.9. The van der Waals surface area contributed by atoms with Crippen LogP contribution in [0.25, 0.3) is 0 Å². The second-order valence-electron chi connectivity index (χ2n) is 15.6. The number of nitrogens with two attached hydrogens (primary N) is 5. The van der Waals surface area contributed by atoms with Gasteiger partial charge in [0, 0.05) is 31.5 Å². The number of primary amides is 1. The van der Waals surface area contributed by atoms with Crippen molar-refractivity contribution < 1.29 is 43.2 Å². The van der Waals surface area contributed by atoms with Gasteiger partial charge in [0.2, 0.25) is 47.3 Å². The van der Waals surface area contributed by atoms with Crippen molar-refractivity contribution in [2.45, 2.75) is 95.5 Å². The molecule has 27 heteroatoms. The molecule has 24 nitrogen and oxygen atoms in total. The number of aliphatic imine (C=N–C) groups is 2. The third kappa shape index (κ3) is 22.4. The van der Waals surface area contributed by atoms with Crippen LogP contribution in [0.5, 0.6) is 0 Å². The number of rotatable bonds is 15. The minimum absolute atomic E-state index is 0.00860. The molecular weight excluding hydrogens is 931 g/mol. The zero-order valence-corrected chi connectivity index (χ0v) is 40.5. The molecule has 372 valence electrons. The molecule has 0 saturated carbocycles. The lowest BCUT2D eigenvalue weighted by Gasteiger charge is -2.26. The van der Waals surface area contributed by atoms with E-state index in [4.69, 9.17) is 28.7 Å². The van der Waals surface area contributed by atoms with E-state index in [1.165, 1.54) is 30.8 Å². The second kappa shape index (κ2) is 30.4. The van der Waals surface area contributed by atoms with Gasteiger partial charge in [0.25, 0.3) is 5.91 Å². The van der Waals surface area contributed by atoms with Crippen LogP contribution >= 0.6 is 33.3 Å². The largest absolute Gasteiger partial charge is 0.370 e. The van der Waals surface area contributed by atoms with E-state index in [1.807, 2.05) is 20.1 Å². The molecule has 0 aromatic heterocycles. The Hall–Kier alpha value is -5.96. The van der Waals surface area contributed by atoms with Gasteiger partial charge in [-0.2, -0.15) is 11.8 Å². The quantitative estimate of drug-likeness (QED) is 0.0362. The van der Waals surface area contributed by atoms with Gasteiger partial charge in [0.15, 0.2) is 11.9 Å². The number of carbonyl (C=O) groups is 9. The van der Waals surface area contributed by atoms with E-state index < -0.39 is 96.0 Å². The van der Waals surface area contributed by atoms with Gasteiger partial charge in [-0.05, 0) is 68.6 Å². The predicted octanol–water partition coefficient (Wildman–Crippen LogP) is -2.93. The summed E-state index contributed by atoms with van der Waals surface area (Å²) < 4.78 is 0. The van der Waals surface area contributed by atoms with E-state index in [0.29, 0.717) is 5.75 Å². The third-order valence-corrected chi connectivity index (χ3v) is 12.6. The summed E-state index contributed by atoms with van der Waals surface area (Å²) in [7, 11) is 2.14. The van der Waals surface area contributed by atoms with E-state index in [9.17, 15) is 43.2 Å². The van der Waals surface area contributed by atoms with Crippen molar-refractivity contribution in [3.05, 3.63) is 29.8 Å². The second-order valence-corrected chi connectivity index (χ2v) is 19.2. The van der Waals surface area contributed by atoms with Gasteiger partial charge >= 0.3 is 0 Å². The molecule has 0 spiro atoms. The summed E-state index contributed by atoms with van der Waals surface area (Å²) in [4.78, 5) is 129. The summed E-state index contributed by atoms with van der Waals surface area (Å²) in [5.41, 5.74) is 27.5. The molecule has 6 atom stereocenters. The van der Waals surface area contributed by atoms with Crippen LogP contribution in [0.2, 0.25) is 0 Å². The first-order valence-corrected chi connectivity index (χ1v) is 25.2. The maximum absolute atomic E-state index is 14.1. The van der Waals surface area contributed by atoms with Gasteiger partial charge in [0.05, 0.1) is 17.8 Å². The fourth-order valence-corrected chi connectivity index (χ4v) is 9.02. The Labute approximate surface area is 401 Å². The summed E-state index contributed by atoms with van der Waals surface area (Å²) >= 11 is 1.42. The Morgan fingerprint density at radius 2 is 1.28 bits per heavy atom. The number of amides is 9. The molecule has 0 aliphatic carbocycles. The summed E-state index contributed by atoms with van der Waals surface area (Å²) in [6.45, 7) is 4.38. The van der Waals surface area contributed by atoms with E-state index in [-0.39, 0.29) is 92.2 Å². The van der Waals surface area contributed by atoms with Gasteiger partial charge < -0.3 is 71.2 Å². The minimum atomic E-state index is -1.28. The van der Waals surface area contributed by atoms with Crippen LogP contribution < -0.4 is 71.2 Å². The Bertz CT molecular complexity index is 1950. The Morgan fingerprint density at radius 3 is 1.87 bits per heavy atom. The average molecular weight is 996 g/mol. The van der Waals surface area contributed by atoms with Crippen LogP contribution in [0.3, 0.4) is 0 Å². The van der Waals surface area contributed by atoms with Crippen molar-refractivity contribution in [2.75, 3.05) is 48.5 Å². The van der Waals surface area contributed by atoms with Crippen molar-refractivity contribution in [1.82, 2.24) is 37.2 Å².